The third-order valence-corrected chi connectivity index (χ3v) is 6.57. The molecule has 5 heteroatoms. The smallest absolute Gasteiger partial charge is 0.316 e. The van der Waals surface area contributed by atoms with Gasteiger partial charge >= 0.3 is 5.97 Å². The fraction of sp³-hybridized carbons (Fsp3) is 0.357. The van der Waals surface area contributed by atoms with Gasteiger partial charge in [0.1, 0.15) is 18.3 Å². The van der Waals surface area contributed by atoms with E-state index in [1.807, 2.05) is 55.5 Å². The molecule has 0 fully saturated rings. The maximum atomic E-state index is 13.4. The van der Waals surface area contributed by atoms with Crippen LogP contribution in [0.25, 0.3) is 0 Å². The van der Waals surface area contributed by atoms with Crippen LogP contribution < -0.4 is 10.1 Å². The molecule has 0 amide bonds. The van der Waals surface area contributed by atoms with Crippen LogP contribution in [0.2, 0.25) is 0 Å². The normalized spacial score (nSPS) is 21.8. The van der Waals surface area contributed by atoms with Crippen molar-refractivity contribution >= 4 is 11.8 Å². The Morgan fingerprint density at radius 2 is 1.82 bits per heavy atom. The minimum Gasteiger partial charge on any atom is -0.497 e. The van der Waals surface area contributed by atoms with Gasteiger partial charge in [-0.05, 0) is 47.6 Å². The highest BCUT2D eigenvalue weighted by Gasteiger charge is 2.47. The maximum Gasteiger partial charge on any atom is 0.316 e. The second-order valence-corrected chi connectivity index (χ2v) is 9.75. The Bertz CT molecular complexity index is 1130. The van der Waals surface area contributed by atoms with Gasteiger partial charge in [0, 0.05) is 29.3 Å². The van der Waals surface area contributed by atoms with E-state index in [-0.39, 0.29) is 23.8 Å². The van der Waals surface area contributed by atoms with Crippen molar-refractivity contribution in [2.75, 3.05) is 7.11 Å². The predicted molar refractivity (Wildman–Crippen MR) is 128 cm³/mol. The first-order chi connectivity index (χ1) is 15.7. The van der Waals surface area contributed by atoms with Gasteiger partial charge < -0.3 is 14.8 Å². The third-order valence-electron chi connectivity index (χ3n) is 6.57. The van der Waals surface area contributed by atoms with Crippen molar-refractivity contribution in [2.24, 2.45) is 11.3 Å². The minimum atomic E-state index is -0.687. The highest BCUT2D eigenvalue weighted by Crippen LogP contribution is 2.48. The van der Waals surface area contributed by atoms with E-state index >= 15 is 0 Å². The van der Waals surface area contributed by atoms with Crippen molar-refractivity contribution in [1.82, 2.24) is 5.32 Å². The van der Waals surface area contributed by atoms with Crippen molar-refractivity contribution < 1.29 is 19.1 Å². The molecule has 2 unspecified atom stereocenters. The molecule has 172 valence electrons. The minimum absolute atomic E-state index is 0.0856. The predicted octanol–water partition coefficient (Wildman–Crippen LogP) is 5.21. The largest absolute Gasteiger partial charge is 0.497 e. The number of ether oxygens (including phenoxy) is 2. The molecule has 0 spiro atoms. The number of carbonyl (C=O) groups is 2. The van der Waals surface area contributed by atoms with E-state index in [0.717, 1.165) is 34.6 Å². The molecule has 4 rings (SSSR count). The van der Waals surface area contributed by atoms with Crippen molar-refractivity contribution in [1.29, 1.82) is 0 Å². The van der Waals surface area contributed by atoms with Gasteiger partial charge in [-0.1, -0.05) is 56.8 Å². The van der Waals surface area contributed by atoms with Crippen LogP contribution >= 0.6 is 0 Å². The number of Topliss-reactive ketones (excluding diaryl/α,β-unsaturated/α-hetero) is 1. The van der Waals surface area contributed by atoms with Crippen molar-refractivity contribution in [2.45, 2.75) is 46.1 Å². The number of benzene rings is 2. The summed E-state index contributed by atoms with van der Waals surface area (Å²) in [5.41, 5.74) is 4.88. The Morgan fingerprint density at radius 3 is 2.48 bits per heavy atom. The zero-order valence-electron chi connectivity index (χ0n) is 19.7. The number of allylic oxidation sites excluding steroid dienone is 2. The number of methoxy groups -OCH3 is 1. The monoisotopic (exact) mass is 445 g/mol. The fourth-order valence-corrected chi connectivity index (χ4v) is 4.96. The van der Waals surface area contributed by atoms with E-state index in [1.54, 1.807) is 7.11 Å². The summed E-state index contributed by atoms with van der Waals surface area (Å²) in [6.07, 6.45) is 1.19. The van der Waals surface area contributed by atoms with Gasteiger partial charge in [-0.25, -0.2) is 0 Å². The zero-order chi connectivity index (χ0) is 23.8. The van der Waals surface area contributed by atoms with Crippen LogP contribution in [0.15, 0.2) is 72.1 Å². The first-order valence-electron chi connectivity index (χ1n) is 11.3. The summed E-state index contributed by atoms with van der Waals surface area (Å²) in [7, 11) is 1.61. The van der Waals surface area contributed by atoms with Crippen molar-refractivity contribution in [3.8, 4) is 5.75 Å². The molecule has 33 heavy (non-hydrogen) atoms. The quantitative estimate of drug-likeness (QED) is 0.641. The molecule has 1 aliphatic carbocycles. The van der Waals surface area contributed by atoms with Gasteiger partial charge in [-0.15, -0.1) is 0 Å². The van der Waals surface area contributed by atoms with E-state index in [4.69, 9.17) is 9.47 Å². The molecule has 2 aromatic rings. The standard InChI is InChI=1S/C28H31NO4/c1-17-8-6-7-9-21(17)25-24(27(31)33-16-19-10-12-20(32-5)13-11-19)18(2)29-22-14-28(3,4)15-23(30)26(22)25/h6-13,24-25,29H,2,14-16H2,1,3-5H3. The maximum absolute atomic E-state index is 13.4. The summed E-state index contributed by atoms with van der Waals surface area (Å²) in [5, 5.41) is 3.31. The first-order valence-corrected chi connectivity index (χ1v) is 11.3. The van der Waals surface area contributed by atoms with Gasteiger partial charge in [0.25, 0.3) is 0 Å². The van der Waals surface area contributed by atoms with Crippen LogP contribution in [0, 0.1) is 18.3 Å². The number of esters is 1. The Morgan fingerprint density at radius 1 is 1.12 bits per heavy atom. The number of nitrogens with one attached hydrogen (secondary N) is 1. The molecule has 2 aromatic carbocycles. The molecule has 1 heterocycles. The molecule has 0 radical (unpaired) electrons. The SMILES string of the molecule is C=C1NC2=C(C(=O)CC(C)(C)C2)C(c2ccccc2C)C1C(=O)OCc1ccc(OC)cc1. The highest BCUT2D eigenvalue weighted by atomic mass is 16.5. The van der Waals surface area contributed by atoms with Crippen molar-refractivity contribution in [3.63, 3.8) is 0 Å². The zero-order valence-corrected chi connectivity index (χ0v) is 19.7. The third kappa shape index (κ3) is 4.58. The lowest BCUT2D eigenvalue weighted by molar-refractivity contribution is -0.149. The number of ketones is 1. The Balaban J connectivity index is 1.69. The second kappa shape index (κ2) is 8.89. The molecular formula is C28H31NO4. The van der Waals surface area contributed by atoms with Gasteiger partial charge in [0.15, 0.2) is 5.78 Å². The van der Waals surface area contributed by atoms with Crippen molar-refractivity contribution in [3.05, 3.63) is 88.8 Å². The van der Waals surface area contributed by atoms with E-state index in [1.165, 1.54) is 0 Å². The number of hydrogen-bond donors (Lipinski definition) is 1. The van der Waals surface area contributed by atoms with Crippen LogP contribution in [0.4, 0.5) is 0 Å². The summed E-state index contributed by atoms with van der Waals surface area (Å²) in [4.78, 5) is 26.8. The average Bonchev–Trinajstić information content (AvgIpc) is 2.76. The van der Waals surface area contributed by atoms with E-state index in [0.29, 0.717) is 17.7 Å². The molecule has 0 bridgehead atoms. The molecule has 1 N–H and O–H groups in total. The fourth-order valence-electron chi connectivity index (χ4n) is 4.96. The molecule has 0 saturated heterocycles. The summed E-state index contributed by atoms with van der Waals surface area (Å²) in [6, 6.07) is 15.3. The molecule has 2 atom stereocenters. The van der Waals surface area contributed by atoms with E-state index in [2.05, 4.69) is 25.7 Å². The first kappa shape index (κ1) is 22.8. The Hall–Kier alpha value is -3.34. The highest BCUT2D eigenvalue weighted by molar-refractivity contribution is 6.01. The number of aryl methyl sites for hydroxylation is 1. The van der Waals surface area contributed by atoms with Crippen LogP contribution in [-0.2, 0) is 20.9 Å². The van der Waals surface area contributed by atoms with E-state index < -0.39 is 11.8 Å². The summed E-state index contributed by atoms with van der Waals surface area (Å²) in [6.45, 7) is 10.5. The average molecular weight is 446 g/mol. The Labute approximate surface area is 195 Å². The van der Waals surface area contributed by atoms with Gasteiger partial charge in [0.05, 0.1) is 7.11 Å². The van der Waals surface area contributed by atoms with Crippen LogP contribution in [-0.4, -0.2) is 18.9 Å². The topological polar surface area (TPSA) is 64.6 Å². The molecule has 1 aliphatic heterocycles. The second-order valence-electron chi connectivity index (χ2n) is 9.75. The molecule has 0 aromatic heterocycles. The summed E-state index contributed by atoms with van der Waals surface area (Å²) < 4.78 is 10.9. The molecule has 5 nitrogen and oxygen atoms in total. The number of carbonyl (C=O) groups excluding carboxylic acids is 2. The van der Waals surface area contributed by atoms with Crippen LogP contribution in [0.1, 0.15) is 49.3 Å². The van der Waals surface area contributed by atoms with Crippen LogP contribution in [0.5, 0.6) is 5.75 Å². The lowest BCUT2D eigenvalue weighted by atomic mass is 9.66. The Kier molecular flexibility index (Phi) is 6.15. The van der Waals surface area contributed by atoms with Gasteiger partial charge in [0.2, 0.25) is 0 Å². The molecule has 0 saturated carbocycles. The van der Waals surface area contributed by atoms with Crippen LogP contribution in [0.3, 0.4) is 0 Å². The number of hydrogen-bond acceptors (Lipinski definition) is 5. The molecular weight excluding hydrogens is 414 g/mol. The lowest BCUT2D eigenvalue weighted by Crippen LogP contribution is -2.43. The molecule has 2 aliphatic rings. The van der Waals surface area contributed by atoms with E-state index in [9.17, 15) is 9.59 Å². The number of rotatable bonds is 5. The lowest BCUT2D eigenvalue weighted by Gasteiger charge is -2.42. The summed E-state index contributed by atoms with van der Waals surface area (Å²) >= 11 is 0. The summed E-state index contributed by atoms with van der Waals surface area (Å²) in [5.74, 6) is -0.661. The van der Waals surface area contributed by atoms with Gasteiger partial charge in [-0.3, -0.25) is 9.59 Å². The van der Waals surface area contributed by atoms with Gasteiger partial charge in [-0.2, -0.15) is 0 Å².